The molecule has 0 unspecified atom stereocenters. The molecule has 168 valence electrons. The molecule has 7 heteroatoms. The SMILES string of the molecule is CCCCNC(=O)[C@H](CC)N(Cc1ccc(Cl)cc1Cl)C(=O)COc1cccc(C)c1. The Morgan fingerprint density at radius 1 is 1.13 bits per heavy atom. The maximum atomic E-state index is 13.2. The number of aryl methyl sites for hydroxylation is 1. The van der Waals surface area contributed by atoms with Crippen molar-refractivity contribution >= 4 is 35.0 Å². The van der Waals surface area contributed by atoms with Crippen molar-refractivity contribution < 1.29 is 14.3 Å². The third-order valence-electron chi connectivity index (χ3n) is 4.92. The molecule has 0 saturated carbocycles. The number of unbranched alkanes of at least 4 members (excludes halogenated alkanes) is 1. The van der Waals surface area contributed by atoms with E-state index in [0.29, 0.717) is 28.8 Å². The van der Waals surface area contributed by atoms with Crippen LogP contribution in [0.15, 0.2) is 42.5 Å². The maximum absolute atomic E-state index is 13.2. The van der Waals surface area contributed by atoms with E-state index < -0.39 is 6.04 Å². The molecule has 0 aromatic heterocycles. The molecule has 0 aliphatic rings. The zero-order valence-electron chi connectivity index (χ0n) is 18.3. The van der Waals surface area contributed by atoms with Gasteiger partial charge in [0.15, 0.2) is 6.61 Å². The van der Waals surface area contributed by atoms with Crippen LogP contribution in [0.3, 0.4) is 0 Å². The van der Waals surface area contributed by atoms with Crippen molar-refractivity contribution in [2.75, 3.05) is 13.2 Å². The monoisotopic (exact) mass is 464 g/mol. The smallest absolute Gasteiger partial charge is 0.261 e. The van der Waals surface area contributed by atoms with Crippen LogP contribution >= 0.6 is 23.2 Å². The van der Waals surface area contributed by atoms with E-state index in [9.17, 15) is 9.59 Å². The molecule has 1 N–H and O–H groups in total. The van der Waals surface area contributed by atoms with Gasteiger partial charge >= 0.3 is 0 Å². The lowest BCUT2D eigenvalue weighted by molar-refractivity contribution is -0.143. The molecule has 0 bridgehead atoms. The Hall–Kier alpha value is -2.24. The summed E-state index contributed by atoms with van der Waals surface area (Å²) >= 11 is 12.4. The fourth-order valence-electron chi connectivity index (χ4n) is 3.19. The summed E-state index contributed by atoms with van der Waals surface area (Å²) in [5, 5.41) is 3.90. The van der Waals surface area contributed by atoms with Gasteiger partial charge in [-0.2, -0.15) is 0 Å². The average Bonchev–Trinajstić information content (AvgIpc) is 2.73. The van der Waals surface area contributed by atoms with E-state index in [2.05, 4.69) is 12.2 Å². The summed E-state index contributed by atoms with van der Waals surface area (Å²) in [5.41, 5.74) is 1.76. The number of nitrogens with zero attached hydrogens (tertiary/aromatic N) is 1. The number of hydrogen-bond donors (Lipinski definition) is 1. The van der Waals surface area contributed by atoms with Gasteiger partial charge in [0.05, 0.1) is 0 Å². The summed E-state index contributed by atoms with van der Waals surface area (Å²) < 4.78 is 5.71. The van der Waals surface area contributed by atoms with E-state index in [0.717, 1.165) is 24.0 Å². The quantitative estimate of drug-likeness (QED) is 0.452. The lowest BCUT2D eigenvalue weighted by Crippen LogP contribution is -2.50. The van der Waals surface area contributed by atoms with Gasteiger partial charge in [-0.3, -0.25) is 9.59 Å². The lowest BCUT2D eigenvalue weighted by atomic mass is 10.1. The first-order chi connectivity index (χ1) is 14.8. The lowest BCUT2D eigenvalue weighted by Gasteiger charge is -2.31. The highest BCUT2D eigenvalue weighted by Crippen LogP contribution is 2.24. The number of hydrogen-bond acceptors (Lipinski definition) is 3. The summed E-state index contributed by atoms with van der Waals surface area (Å²) in [6.45, 7) is 6.49. The average molecular weight is 465 g/mol. The molecule has 0 heterocycles. The second-order valence-electron chi connectivity index (χ2n) is 7.43. The Balaban J connectivity index is 2.22. The molecule has 2 aromatic rings. The van der Waals surface area contributed by atoms with Crippen molar-refractivity contribution in [2.24, 2.45) is 0 Å². The molecular formula is C24H30Cl2N2O3. The molecule has 0 fully saturated rings. The fraction of sp³-hybridized carbons (Fsp3) is 0.417. The van der Waals surface area contributed by atoms with Gasteiger partial charge in [0.25, 0.3) is 5.91 Å². The molecule has 1 atom stereocenters. The van der Waals surface area contributed by atoms with E-state index in [1.807, 2.05) is 32.0 Å². The standard InChI is InChI=1S/C24H30Cl2N2O3/c1-4-6-12-27-24(30)22(5-2)28(15-18-10-11-19(25)14-21(18)26)23(29)16-31-20-9-7-8-17(3)13-20/h7-11,13-14,22H,4-6,12,15-16H2,1-3H3,(H,27,30)/t22-/m0/s1. The number of carbonyl (C=O) groups excluding carboxylic acids is 2. The Kier molecular flexibility index (Phi) is 10.2. The molecule has 5 nitrogen and oxygen atoms in total. The molecule has 0 spiro atoms. The molecule has 2 amide bonds. The summed E-state index contributed by atoms with van der Waals surface area (Å²) in [6, 6.07) is 12.0. The van der Waals surface area contributed by atoms with E-state index in [1.54, 1.807) is 24.3 Å². The molecule has 0 saturated heterocycles. The van der Waals surface area contributed by atoms with Gasteiger partial charge < -0.3 is 15.0 Å². The number of ether oxygens (including phenoxy) is 1. The van der Waals surface area contributed by atoms with Gasteiger partial charge in [0.1, 0.15) is 11.8 Å². The second kappa shape index (κ2) is 12.6. The minimum atomic E-state index is -0.628. The van der Waals surface area contributed by atoms with Gasteiger partial charge in [-0.15, -0.1) is 0 Å². The number of benzene rings is 2. The van der Waals surface area contributed by atoms with Gasteiger partial charge in [-0.25, -0.2) is 0 Å². The zero-order valence-corrected chi connectivity index (χ0v) is 19.8. The first-order valence-electron chi connectivity index (χ1n) is 10.6. The van der Waals surface area contributed by atoms with Crippen molar-refractivity contribution in [1.29, 1.82) is 0 Å². The Morgan fingerprint density at radius 2 is 1.90 bits per heavy atom. The van der Waals surface area contributed by atoms with Crippen LogP contribution in [0.25, 0.3) is 0 Å². The van der Waals surface area contributed by atoms with E-state index in [1.165, 1.54) is 4.90 Å². The van der Waals surface area contributed by atoms with E-state index in [-0.39, 0.29) is 25.0 Å². The highest BCUT2D eigenvalue weighted by atomic mass is 35.5. The summed E-state index contributed by atoms with van der Waals surface area (Å²) in [5.74, 6) is 0.147. The van der Waals surface area contributed by atoms with E-state index >= 15 is 0 Å². The second-order valence-corrected chi connectivity index (χ2v) is 8.27. The van der Waals surface area contributed by atoms with E-state index in [4.69, 9.17) is 27.9 Å². The summed E-state index contributed by atoms with van der Waals surface area (Å²) in [4.78, 5) is 27.5. The third kappa shape index (κ3) is 7.75. The zero-order chi connectivity index (χ0) is 22.8. The van der Waals surface area contributed by atoms with Crippen molar-refractivity contribution in [3.63, 3.8) is 0 Å². The predicted octanol–water partition coefficient (Wildman–Crippen LogP) is 5.40. The van der Waals surface area contributed by atoms with Crippen LogP contribution in [-0.2, 0) is 16.1 Å². The van der Waals surface area contributed by atoms with Crippen LogP contribution in [0.1, 0.15) is 44.2 Å². The first kappa shape index (κ1) is 25.0. The minimum absolute atomic E-state index is 0.173. The summed E-state index contributed by atoms with van der Waals surface area (Å²) in [7, 11) is 0. The van der Waals surface area contributed by atoms with Crippen molar-refractivity contribution in [2.45, 2.75) is 52.6 Å². The van der Waals surface area contributed by atoms with Crippen LogP contribution in [0.5, 0.6) is 5.75 Å². The first-order valence-corrected chi connectivity index (χ1v) is 11.3. The molecule has 0 aliphatic carbocycles. The van der Waals surface area contributed by atoms with Gasteiger partial charge in [-0.05, 0) is 55.2 Å². The van der Waals surface area contributed by atoms with Crippen molar-refractivity contribution in [3.05, 3.63) is 63.6 Å². The Labute approximate surface area is 194 Å². The number of rotatable bonds is 11. The molecule has 0 radical (unpaired) electrons. The topological polar surface area (TPSA) is 58.6 Å². The van der Waals surface area contributed by atoms with Crippen LogP contribution in [0, 0.1) is 6.92 Å². The molecule has 2 rings (SSSR count). The number of carbonyl (C=O) groups is 2. The van der Waals surface area contributed by atoms with Crippen LogP contribution in [-0.4, -0.2) is 35.9 Å². The van der Waals surface area contributed by atoms with Gasteiger partial charge in [0.2, 0.25) is 5.91 Å². The van der Waals surface area contributed by atoms with Crippen LogP contribution < -0.4 is 10.1 Å². The maximum Gasteiger partial charge on any atom is 0.261 e. The number of amides is 2. The van der Waals surface area contributed by atoms with Crippen LogP contribution in [0.4, 0.5) is 0 Å². The largest absolute Gasteiger partial charge is 0.484 e. The normalized spacial score (nSPS) is 11.6. The van der Waals surface area contributed by atoms with Crippen molar-refractivity contribution in [1.82, 2.24) is 10.2 Å². The van der Waals surface area contributed by atoms with Crippen molar-refractivity contribution in [3.8, 4) is 5.75 Å². The predicted molar refractivity (Wildman–Crippen MR) is 126 cm³/mol. The molecular weight excluding hydrogens is 435 g/mol. The van der Waals surface area contributed by atoms with Gasteiger partial charge in [-0.1, -0.05) is 61.7 Å². The highest BCUT2D eigenvalue weighted by molar-refractivity contribution is 6.35. The number of halogens is 2. The third-order valence-corrected chi connectivity index (χ3v) is 5.51. The Morgan fingerprint density at radius 3 is 2.55 bits per heavy atom. The van der Waals surface area contributed by atoms with Crippen LogP contribution in [0.2, 0.25) is 10.0 Å². The molecule has 2 aromatic carbocycles. The minimum Gasteiger partial charge on any atom is -0.484 e. The summed E-state index contributed by atoms with van der Waals surface area (Å²) in [6.07, 6.45) is 2.33. The highest BCUT2D eigenvalue weighted by Gasteiger charge is 2.29. The molecule has 31 heavy (non-hydrogen) atoms. The Bertz CT molecular complexity index is 889. The molecule has 0 aliphatic heterocycles. The fourth-order valence-corrected chi connectivity index (χ4v) is 3.66. The van der Waals surface area contributed by atoms with Gasteiger partial charge in [0, 0.05) is 23.1 Å². The number of nitrogens with one attached hydrogen (secondary N) is 1.